The minimum Gasteiger partial charge on any atom is -0.323 e. The van der Waals surface area contributed by atoms with Crippen LogP contribution in [0.15, 0.2) is 109 Å². The van der Waals surface area contributed by atoms with Gasteiger partial charge in [0.2, 0.25) is 0 Å². The van der Waals surface area contributed by atoms with Crippen molar-refractivity contribution in [3.8, 4) is 44.2 Å². The maximum absolute atomic E-state index is 5.03. The molecule has 0 aliphatic carbocycles. The first-order valence-electron chi connectivity index (χ1n) is 14.7. The Morgan fingerprint density at radius 3 is 2.34 bits per heavy atom. The maximum atomic E-state index is 5.03. The molecular weight excluding hydrogens is 565 g/mol. The zero-order chi connectivity index (χ0) is 29.5. The van der Waals surface area contributed by atoms with Gasteiger partial charge in [0.05, 0.1) is 21.6 Å². The van der Waals surface area contributed by atoms with E-state index in [2.05, 4.69) is 122 Å². The third-order valence-corrected chi connectivity index (χ3v) is 8.99. The highest BCUT2D eigenvalue weighted by Gasteiger charge is 2.15. The second kappa shape index (κ2) is 11.0. The summed E-state index contributed by atoms with van der Waals surface area (Å²) in [6.07, 6.45) is 6.24. The fourth-order valence-electron chi connectivity index (χ4n) is 5.78. The molecule has 0 amide bonds. The molecule has 0 saturated carbocycles. The molecule has 8 nitrogen and oxygen atoms in total. The molecule has 4 aromatic carbocycles. The molecule has 0 aliphatic heterocycles. The number of fused-ring (bicyclic) bond motifs is 2. The quantitative estimate of drug-likeness (QED) is 0.194. The lowest BCUT2D eigenvalue weighted by atomic mass is 9.98. The highest BCUT2D eigenvalue weighted by molar-refractivity contribution is 7.20. The molecule has 0 spiro atoms. The summed E-state index contributed by atoms with van der Waals surface area (Å²) in [6.45, 7) is 2.94. The number of hydrogen-bond donors (Lipinski definition) is 1. The highest BCUT2D eigenvalue weighted by atomic mass is 32.1. The topological polar surface area (TPSA) is 89.6 Å². The van der Waals surface area contributed by atoms with Gasteiger partial charge in [0.15, 0.2) is 10.8 Å². The number of imidazole rings is 2. The average molecular weight is 593 g/mol. The molecule has 0 radical (unpaired) electrons. The van der Waals surface area contributed by atoms with Crippen LogP contribution >= 0.6 is 11.3 Å². The number of H-pyrrole nitrogens is 1. The van der Waals surface area contributed by atoms with Crippen LogP contribution in [0.2, 0.25) is 0 Å². The molecule has 44 heavy (non-hydrogen) atoms. The molecule has 9 heteroatoms. The molecule has 0 bridgehead atoms. The van der Waals surface area contributed by atoms with Crippen LogP contribution in [0.3, 0.4) is 0 Å². The fourth-order valence-corrected chi connectivity index (χ4v) is 6.75. The van der Waals surface area contributed by atoms with Crippen LogP contribution in [0, 0.1) is 0 Å². The van der Waals surface area contributed by atoms with Gasteiger partial charge in [-0.15, -0.1) is 5.10 Å². The Morgan fingerprint density at radius 1 is 0.773 bits per heavy atom. The molecule has 0 unspecified atom stereocenters. The van der Waals surface area contributed by atoms with Crippen molar-refractivity contribution >= 4 is 27.3 Å². The van der Waals surface area contributed by atoms with Crippen molar-refractivity contribution in [3.63, 3.8) is 0 Å². The number of aryl methyl sites for hydroxylation is 1. The molecule has 8 aromatic rings. The lowest BCUT2D eigenvalue weighted by molar-refractivity contribution is 0.722. The van der Waals surface area contributed by atoms with Crippen molar-refractivity contribution in [1.82, 2.24) is 39.6 Å². The van der Waals surface area contributed by atoms with Gasteiger partial charge in [0.25, 0.3) is 0 Å². The van der Waals surface area contributed by atoms with Crippen LogP contribution in [0.1, 0.15) is 24.7 Å². The van der Waals surface area contributed by atoms with Gasteiger partial charge < -0.3 is 4.57 Å². The number of rotatable bonds is 8. The van der Waals surface area contributed by atoms with E-state index in [0.29, 0.717) is 5.82 Å². The van der Waals surface area contributed by atoms with Crippen molar-refractivity contribution in [2.75, 3.05) is 0 Å². The van der Waals surface area contributed by atoms with Gasteiger partial charge in [-0.05, 0) is 51.2 Å². The van der Waals surface area contributed by atoms with E-state index < -0.39 is 0 Å². The Bertz CT molecular complexity index is 2180. The Morgan fingerprint density at radius 2 is 1.57 bits per heavy atom. The molecule has 0 atom stereocenters. The van der Waals surface area contributed by atoms with Crippen LogP contribution < -0.4 is 0 Å². The summed E-state index contributed by atoms with van der Waals surface area (Å²) in [5.41, 5.74) is 9.78. The largest absolute Gasteiger partial charge is 0.323 e. The smallest absolute Gasteiger partial charge is 0.194 e. The van der Waals surface area contributed by atoms with E-state index in [4.69, 9.17) is 9.97 Å². The number of nitrogens with zero attached hydrogens (tertiary/aromatic N) is 7. The van der Waals surface area contributed by atoms with Gasteiger partial charge in [0.1, 0.15) is 5.82 Å². The first-order chi connectivity index (χ1) is 21.7. The Labute approximate surface area is 257 Å². The summed E-state index contributed by atoms with van der Waals surface area (Å²) >= 11 is 1.71. The van der Waals surface area contributed by atoms with E-state index >= 15 is 0 Å². The van der Waals surface area contributed by atoms with E-state index in [1.807, 2.05) is 24.3 Å². The summed E-state index contributed by atoms with van der Waals surface area (Å²) < 4.78 is 4.49. The Balaban J connectivity index is 1.12. The summed E-state index contributed by atoms with van der Waals surface area (Å²) in [7, 11) is 0. The van der Waals surface area contributed by atoms with Gasteiger partial charge in [0, 0.05) is 36.5 Å². The molecule has 4 aromatic heterocycles. The molecule has 1 N–H and O–H groups in total. The van der Waals surface area contributed by atoms with Gasteiger partial charge in [-0.1, -0.05) is 103 Å². The SMILES string of the molecule is CCCc1nc2ccc(-c3cn4cc(-c5ccccc5)sc4n3)cc2n1Cc1ccc(-c2ccccc2-c2nnn[nH]2)cc1. The molecular formula is C35H28N8S. The minimum atomic E-state index is 0.656. The van der Waals surface area contributed by atoms with E-state index in [9.17, 15) is 0 Å². The summed E-state index contributed by atoms with van der Waals surface area (Å²) in [5.74, 6) is 1.76. The monoisotopic (exact) mass is 592 g/mol. The van der Waals surface area contributed by atoms with Crippen LogP contribution in [0.4, 0.5) is 0 Å². The molecule has 214 valence electrons. The van der Waals surface area contributed by atoms with Crippen molar-refractivity contribution < 1.29 is 0 Å². The summed E-state index contributed by atoms with van der Waals surface area (Å²) in [5, 5.41) is 14.5. The van der Waals surface area contributed by atoms with E-state index in [0.717, 1.165) is 69.2 Å². The number of hydrogen-bond acceptors (Lipinski definition) is 6. The Kier molecular flexibility index (Phi) is 6.57. The van der Waals surface area contributed by atoms with E-state index in [1.54, 1.807) is 11.3 Å². The Hall–Kier alpha value is -5.41. The van der Waals surface area contributed by atoms with Crippen molar-refractivity contribution in [1.29, 1.82) is 0 Å². The standard InChI is InChI=1S/C35H28N8S/c1-2-8-33-36-29-18-17-26(30-21-42-22-32(44-35(42)37-30)25-9-4-3-5-10-25)19-31(29)43(33)20-23-13-15-24(16-14-23)27-11-6-7-12-28(27)34-38-40-41-39-34/h3-7,9-19,21-22H,2,8,20H2,1H3,(H,38,39,40,41). The minimum absolute atomic E-state index is 0.656. The van der Waals surface area contributed by atoms with Gasteiger partial charge in [-0.25, -0.2) is 15.1 Å². The molecule has 0 fully saturated rings. The fraction of sp³-hybridized carbons (Fsp3) is 0.114. The molecule has 4 heterocycles. The first kappa shape index (κ1) is 26.2. The normalized spacial score (nSPS) is 11.6. The number of aromatic amines is 1. The van der Waals surface area contributed by atoms with Crippen molar-refractivity contribution in [2.45, 2.75) is 26.3 Å². The lowest BCUT2D eigenvalue weighted by Crippen LogP contribution is -2.05. The highest BCUT2D eigenvalue weighted by Crippen LogP contribution is 2.33. The van der Waals surface area contributed by atoms with Gasteiger partial charge in [-0.3, -0.25) is 4.40 Å². The van der Waals surface area contributed by atoms with Crippen molar-refractivity contribution in [2.24, 2.45) is 0 Å². The second-order valence-electron chi connectivity index (χ2n) is 10.8. The first-order valence-corrected chi connectivity index (χ1v) is 15.5. The predicted octanol–water partition coefficient (Wildman–Crippen LogP) is 7.93. The molecule has 8 rings (SSSR count). The number of aromatic nitrogens is 8. The zero-order valence-corrected chi connectivity index (χ0v) is 24.9. The second-order valence-corrected chi connectivity index (χ2v) is 11.8. The van der Waals surface area contributed by atoms with Crippen LogP contribution in [-0.4, -0.2) is 39.6 Å². The average Bonchev–Trinajstić information content (AvgIpc) is 3.87. The van der Waals surface area contributed by atoms with E-state index in [-0.39, 0.29) is 0 Å². The zero-order valence-electron chi connectivity index (χ0n) is 24.1. The predicted molar refractivity (Wildman–Crippen MR) is 175 cm³/mol. The lowest BCUT2D eigenvalue weighted by Gasteiger charge is -2.11. The van der Waals surface area contributed by atoms with Crippen LogP contribution in [-0.2, 0) is 13.0 Å². The van der Waals surface area contributed by atoms with Crippen LogP contribution in [0.5, 0.6) is 0 Å². The third kappa shape index (κ3) is 4.77. The van der Waals surface area contributed by atoms with Crippen molar-refractivity contribution in [3.05, 3.63) is 121 Å². The summed E-state index contributed by atoms with van der Waals surface area (Å²) in [4.78, 5) is 12.2. The summed E-state index contributed by atoms with van der Waals surface area (Å²) in [6, 6.07) is 33.9. The number of nitrogens with one attached hydrogen (secondary N) is 1. The maximum Gasteiger partial charge on any atom is 0.194 e. The molecule has 0 saturated heterocycles. The number of thiazole rings is 1. The number of benzene rings is 4. The molecule has 0 aliphatic rings. The number of tetrazole rings is 1. The van der Waals surface area contributed by atoms with E-state index in [1.165, 1.54) is 16.0 Å². The third-order valence-electron chi connectivity index (χ3n) is 7.94. The van der Waals surface area contributed by atoms with Crippen LogP contribution in [0.25, 0.3) is 60.2 Å². The van der Waals surface area contributed by atoms with Gasteiger partial charge >= 0.3 is 0 Å². The van der Waals surface area contributed by atoms with Gasteiger partial charge in [-0.2, -0.15) is 0 Å².